The van der Waals surface area contributed by atoms with E-state index in [2.05, 4.69) is 10.7 Å². The zero-order valence-corrected chi connectivity index (χ0v) is 11.3. The third kappa shape index (κ3) is 2.94. The Balaban J connectivity index is 2.48. The van der Waals surface area contributed by atoms with E-state index >= 15 is 0 Å². The van der Waals surface area contributed by atoms with Gasteiger partial charge in [-0.05, 0) is 31.5 Å². The van der Waals surface area contributed by atoms with Crippen LogP contribution in [0.4, 0.5) is 0 Å². The van der Waals surface area contributed by atoms with Gasteiger partial charge in [0.2, 0.25) is 0 Å². The zero-order valence-electron chi connectivity index (χ0n) is 11.3. The van der Waals surface area contributed by atoms with Crippen LogP contribution in [0.25, 0.3) is 16.6 Å². The number of aliphatic hydroxyl groups is 2. The molecule has 19 heavy (non-hydrogen) atoms. The molecule has 1 aromatic heterocycles. The molecular weight excluding hydrogens is 242 g/mol. The van der Waals surface area contributed by atoms with E-state index in [1.807, 2.05) is 22.8 Å². The van der Waals surface area contributed by atoms with E-state index in [9.17, 15) is 10.2 Å². The highest BCUT2D eigenvalue weighted by molar-refractivity contribution is 5.81. The molecule has 1 heterocycles. The van der Waals surface area contributed by atoms with E-state index in [1.165, 1.54) is 0 Å². The molecule has 0 saturated heterocycles. The first-order chi connectivity index (χ1) is 8.94. The second-order valence-corrected chi connectivity index (χ2v) is 5.29. The summed E-state index contributed by atoms with van der Waals surface area (Å²) in [5.74, 6) is 0. The maximum atomic E-state index is 9.91. The quantitative estimate of drug-likeness (QED) is 0.717. The number of aliphatic hydroxyl groups excluding tert-OH is 1. The first-order valence-corrected chi connectivity index (χ1v) is 6.25. The summed E-state index contributed by atoms with van der Waals surface area (Å²) in [4.78, 5) is 4.31. The fraction of sp³-hybridized carbons (Fsp3) is 0.357. The van der Waals surface area contributed by atoms with Crippen LogP contribution in [0.3, 0.4) is 0 Å². The van der Waals surface area contributed by atoms with E-state index in [0.717, 1.165) is 28.4 Å². The lowest BCUT2D eigenvalue weighted by atomic mass is 10.1. The number of aromatic nitrogens is 2. The van der Waals surface area contributed by atoms with Crippen LogP contribution >= 0.6 is 0 Å². The predicted molar refractivity (Wildman–Crippen MR) is 74.4 cm³/mol. The van der Waals surface area contributed by atoms with Gasteiger partial charge in [-0.15, -0.1) is 0 Å². The van der Waals surface area contributed by atoms with E-state index < -0.39 is 5.60 Å². The molecule has 0 bridgehead atoms. The molecule has 2 rings (SSSR count). The Labute approximate surface area is 112 Å². The van der Waals surface area contributed by atoms with Crippen LogP contribution in [0.5, 0.6) is 0 Å². The summed E-state index contributed by atoms with van der Waals surface area (Å²) < 4.78 is 1.91. The summed E-state index contributed by atoms with van der Waals surface area (Å²) in [5.41, 5.74) is 6.49. The molecule has 0 atom stereocenters. The largest absolute Gasteiger partial charge is 0.515 e. The molecule has 2 aromatic rings. The van der Waals surface area contributed by atoms with E-state index in [-0.39, 0.29) is 0 Å². The summed E-state index contributed by atoms with van der Waals surface area (Å²) in [6.07, 6.45) is 2.81. The molecule has 0 radical (unpaired) electrons. The molecule has 0 unspecified atom stereocenters. The van der Waals surface area contributed by atoms with Crippen molar-refractivity contribution in [2.75, 3.05) is 6.54 Å². The summed E-state index contributed by atoms with van der Waals surface area (Å²) in [5, 5.41) is 19.1. The van der Waals surface area contributed by atoms with Gasteiger partial charge in [0.15, 0.2) is 0 Å². The van der Waals surface area contributed by atoms with Crippen molar-refractivity contribution >= 4 is 16.6 Å². The minimum Gasteiger partial charge on any atom is -0.515 e. The van der Waals surface area contributed by atoms with E-state index in [1.54, 1.807) is 20.2 Å². The SMILES string of the molecule is CC(C)(O)Cn1cnc2ccc(C(=CO)C[NH3+])cc21. The Bertz CT molecular complexity index is 609. The van der Waals surface area contributed by atoms with Crippen LogP contribution in [-0.2, 0) is 6.54 Å². The highest BCUT2D eigenvalue weighted by Gasteiger charge is 2.15. The maximum Gasteiger partial charge on any atom is 0.103 e. The van der Waals surface area contributed by atoms with Crippen LogP contribution in [0.15, 0.2) is 30.8 Å². The maximum absolute atomic E-state index is 9.91. The highest BCUT2D eigenvalue weighted by Crippen LogP contribution is 2.21. The number of benzene rings is 1. The molecule has 0 aliphatic heterocycles. The first kappa shape index (κ1) is 13.6. The normalized spacial score (nSPS) is 13.2. The molecule has 5 heteroatoms. The van der Waals surface area contributed by atoms with Gasteiger partial charge in [0.1, 0.15) is 6.54 Å². The van der Waals surface area contributed by atoms with Crippen molar-refractivity contribution in [1.82, 2.24) is 9.55 Å². The third-order valence-corrected chi connectivity index (χ3v) is 2.97. The van der Waals surface area contributed by atoms with Crippen molar-refractivity contribution < 1.29 is 15.9 Å². The Morgan fingerprint density at radius 1 is 1.47 bits per heavy atom. The summed E-state index contributed by atoms with van der Waals surface area (Å²) in [6, 6.07) is 5.78. The Morgan fingerprint density at radius 3 is 2.79 bits per heavy atom. The van der Waals surface area contributed by atoms with Crippen molar-refractivity contribution in [2.45, 2.75) is 26.0 Å². The van der Waals surface area contributed by atoms with Crippen LogP contribution in [0, 0.1) is 0 Å². The summed E-state index contributed by atoms with van der Waals surface area (Å²) in [6.45, 7) is 4.51. The van der Waals surface area contributed by atoms with Gasteiger partial charge in [-0.1, -0.05) is 6.07 Å². The highest BCUT2D eigenvalue weighted by atomic mass is 16.3. The van der Waals surface area contributed by atoms with Gasteiger partial charge >= 0.3 is 0 Å². The van der Waals surface area contributed by atoms with Gasteiger partial charge in [0.25, 0.3) is 0 Å². The van der Waals surface area contributed by atoms with E-state index in [4.69, 9.17) is 0 Å². The number of hydrogen-bond acceptors (Lipinski definition) is 3. The number of rotatable bonds is 4. The van der Waals surface area contributed by atoms with Gasteiger partial charge in [-0.25, -0.2) is 4.98 Å². The number of quaternary nitrogens is 1. The minimum absolute atomic E-state index is 0.468. The average molecular weight is 262 g/mol. The van der Waals surface area contributed by atoms with Gasteiger partial charge < -0.3 is 20.5 Å². The molecular formula is C14H20N3O2+. The summed E-state index contributed by atoms with van der Waals surface area (Å²) >= 11 is 0. The fourth-order valence-corrected chi connectivity index (χ4v) is 2.08. The van der Waals surface area contributed by atoms with Crippen molar-refractivity contribution in [3.8, 4) is 0 Å². The summed E-state index contributed by atoms with van der Waals surface area (Å²) in [7, 11) is 0. The van der Waals surface area contributed by atoms with Crippen molar-refractivity contribution in [3.63, 3.8) is 0 Å². The van der Waals surface area contributed by atoms with Gasteiger partial charge in [0.05, 0.1) is 35.8 Å². The lowest BCUT2D eigenvalue weighted by molar-refractivity contribution is -0.349. The van der Waals surface area contributed by atoms with E-state index in [0.29, 0.717) is 13.1 Å². The molecule has 0 aliphatic carbocycles. The number of imidazole rings is 1. The van der Waals surface area contributed by atoms with Crippen molar-refractivity contribution in [1.29, 1.82) is 0 Å². The standard InChI is InChI=1S/C14H19N3O2/c1-14(2,19)8-17-9-16-12-4-3-10(5-13(12)17)11(6-15)7-18/h3-5,7,9,18-19H,6,8,15H2,1-2H3/p+1. The Kier molecular flexibility index (Phi) is 3.59. The molecule has 0 fully saturated rings. The van der Waals surface area contributed by atoms with Crippen LogP contribution in [-0.4, -0.2) is 31.9 Å². The van der Waals surface area contributed by atoms with Crippen molar-refractivity contribution in [3.05, 3.63) is 36.4 Å². The van der Waals surface area contributed by atoms with Gasteiger partial charge in [-0.3, -0.25) is 0 Å². The topological polar surface area (TPSA) is 85.9 Å². The molecule has 0 aliphatic rings. The van der Waals surface area contributed by atoms with Gasteiger partial charge in [-0.2, -0.15) is 0 Å². The molecule has 102 valence electrons. The third-order valence-electron chi connectivity index (χ3n) is 2.97. The monoisotopic (exact) mass is 262 g/mol. The minimum atomic E-state index is -0.800. The molecule has 1 aromatic carbocycles. The average Bonchev–Trinajstić information content (AvgIpc) is 2.72. The Morgan fingerprint density at radius 2 is 2.21 bits per heavy atom. The lowest BCUT2D eigenvalue weighted by Crippen LogP contribution is -2.50. The van der Waals surface area contributed by atoms with Crippen LogP contribution < -0.4 is 5.73 Å². The first-order valence-electron chi connectivity index (χ1n) is 6.25. The second kappa shape index (κ2) is 5.03. The predicted octanol–water partition coefficient (Wildman–Crippen LogP) is 0.948. The number of hydrogen-bond donors (Lipinski definition) is 3. The fourth-order valence-electron chi connectivity index (χ4n) is 2.08. The molecule has 0 amide bonds. The van der Waals surface area contributed by atoms with Crippen LogP contribution in [0.2, 0.25) is 0 Å². The Hall–Kier alpha value is -1.85. The molecule has 0 spiro atoms. The lowest BCUT2D eigenvalue weighted by Gasteiger charge is -2.18. The second-order valence-electron chi connectivity index (χ2n) is 5.29. The van der Waals surface area contributed by atoms with Crippen LogP contribution in [0.1, 0.15) is 19.4 Å². The zero-order chi connectivity index (χ0) is 14.0. The smallest absolute Gasteiger partial charge is 0.103 e. The molecule has 5 nitrogen and oxygen atoms in total. The number of nitrogens with zero attached hydrogens (tertiary/aromatic N) is 2. The molecule has 0 saturated carbocycles. The number of fused-ring (bicyclic) bond motifs is 1. The van der Waals surface area contributed by atoms with Crippen molar-refractivity contribution in [2.24, 2.45) is 0 Å². The van der Waals surface area contributed by atoms with Gasteiger partial charge in [0, 0.05) is 5.57 Å². The molecule has 5 N–H and O–H groups in total.